The van der Waals surface area contributed by atoms with Crippen LogP contribution in [0.3, 0.4) is 0 Å². The number of ketones is 1. The highest BCUT2D eigenvalue weighted by atomic mass is 35.5. The van der Waals surface area contributed by atoms with Gasteiger partial charge in [-0.2, -0.15) is 0 Å². The molecule has 1 aromatic carbocycles. The van der Waals surface area contributed by atoms with E-state index in [1.54, 1.807) is 23.1 Å². The van der Waals surface area contributed by atoms with Crippen molar-refractivity contribution in [2.24, 2.45) is 0 Å². The number of rotatable bonds is 4. The molecule has 2 fully saturated rings. The molecule has 4 rings (SSSR count). The number of thiophene rings is 1. The van der Waals surface area contributed by atoms with Crippen LogP contribution in [0, 0.1) is 0 Å². The van der Waals surface area contributed by atoms with Crippen molar-refractivity contribution in [3.05, 3.63) is 56.7 Å². The van der Waals surface area contributed by atoms with E-state index in [4.69, 9.17) is 16.3 Å². The largest absolute Gasteiger partial charge is 0.507 e. The summed E-state index contributed by atoms with van der Waals surface area (Å²) in [6.07, 6.45) is 3.84. The van der Waals surface area contributed by atoms with Crippen LogP contribution in [0.1, 0.15) is 42.2 Å². The first-order valence-corrected chi connectivity index (χ1v) is 10.5. The first kappa shape index (κ1) is 19.0. The number of methoxy groups -OCH3 is 1. The molecule has 1 aromatic heterocycles. The minimum absolute atomic E-state index is 0.0216. The highest BCUT2D eigenvalue weighted by molar-refractivity contribution is 7.10. The fourth-order valence-electron chi connectivity index (χ4n) is 4.10. The number of aliphatic hydroxyl groups excluding tert-OH is 1. The topological polar surface area (TPSA) is 66.8 Å². The van der Waals surface area contributed by atoms with Crippen molar-refractivity contribution in [2.45, 2.75) is 37.8 Å². The molecule has 1 atom stereocenters. The van der Waals surface area contributed by atoms with E-state index in [9.17, 15) is 14.7 Å². The summed E-state index contributed by atoms with van der Waals surface area (Å²) >= 11 is 7.67. The normalized spacial score (nSPS) is 22.2. The zero-order valence-corrected chi connectivity index (χ0v) is 16.9. The van der Waals surface area contributed by atoms with Crippen LogP contribution in [0.25, 0.3) is 5.76 Å². The highest BCUT2D eigenvalue weighted by Gasteiger charge is 2.49. The standard InChI is InChI=1S/C21H20ClNO4S/c1-27-15-9-8-12(11-14(15)22)19(24)17-18(16-7-4-10-28-16)23(21(26)20(17)25)13-5-2-3-6-13/h4,7-11,13,18,24H,2-3,5-6H2,1H3/b19-17-. The van der Waals surface area contributed by atoms with Gasteiger partial charge in [-0.25, -0.2) is 0 Å². The van der Waals surface area contributed by atoms with Crippen molar-refractivity contribution in [3.63, 3.8) is 0 Å². The van der Waals surface area contributed by atoms with Gasteiger partial charge in [0.15, 0.2) is 0 Å². The molecule has 0 radical (unpaired) electrons. The smallest absolute Gasteiger partial charge is 0.295 e. The van der Waals surface area contributed by atoms with Crippen LogP contribution in [0.5, 0.6) is 5.75 Å². The van der Waals surface area contributed by atoms with Crippen molar-refractivity contribution in [2.75, 3.05) is 7.11 Å². The second kappa shape index (κ2) is 7.60. The molecular weight excluding hydrogens is 398 g/mol. The van der Waals surface area contributed by atoms with Gasteiger partial charge in [0.05, 0.1) is 23.7 Å². The summed E-state index contributed by atoms with van der Waals surface area (Å²) in [7, 11) is 1.50. The summed E-state index contributed by atoms with van der Waals surface area (Å²) in [6.45, 7) is 0. The molecule has 2 heterocycles. The molecule has 146 valence electrons. The van der Waals surface area contributed by atoms with E-state index in [2.05, 4.69) is 0 Å². The number of hydrogen-bond acceptors (Lipinski definition) is 5. The zero-order chi connectivity index (χ0) is 19.8. The van der Waals surface area contributed by atoms with Crippen molar-refractivity contribution in [3.8, 4) is 5.75 Å². The van der Waals surface area contributed by atoms with E-state index in [0.717, 1.165) is 30.6 Å². The number of benzene rings is 1. The average Bonchev–Trinajstić information content (AvgIpc) is 3.43. The molecule has 5 nitrogen and oxygen atoms in total. The van der Waals surface area contributed by atoms with Crippen molar-refractivity contribution >= 4 is 40.4 Å². The Bertz CT molecular complexity index is 947. The van der Waals surface area contributed by atoms with Gasteiger partial charge in [0.25, 0.3) is 11.7 Å². The summed E-state index contributed by atoms with van der Waals surface area (Å²) in [6, 6.07) is 8.05. The Morgan fingerprint density at radius 1 is 1.25 bits per heavy atom. The molecule has 2 aliphatic rings. The number of amides is 1. The Morgan fingerprint density at radius 2 is 2.00 bits per heavy atom. The van der Waals surface area contributed by atoms with Crippen LogP contribution in [-0.4, -0.2) is 34.8 Å². The molecule has 1 N–H and O–H groups in total. The number of likely N-dealkylation sites (tertiary alicyclic amines) is 1. The molecule has 7 heteroatoms. The molecule has 2 aromatic rings. The van der Waals surface area contributed by atoms with Crippen LogP contribution in [0.4, 0.5) is 0 Å². The van der Waals surface area contributed by atoms with E-state index in [1.165, 1.54) is 18.4 Å². The van der Waals surface area contributed by atoms with Crippen LogP contribution in [-0.2, 0) is 9.59 Å². The van der Waals surface area contributed by atoms with Gasteiger partial charge >= 0.3 is 0 Å². The summed E-state index contributed by atoms with van der Waals surface area (Å²) in [4.78, 5) is 28.4. The lowest BCUT2D eigenvalue weighted by molar-refractivity contribution is -0.141. The van der Waals surface area contributed by atoms with Gasteiger partial charge in [0, 0.05) is 16.5 Å². The number of carbonyl (C=O) groups is 2. The number of carbonyl (C=O) groups excluding carboxylic acids is 2. The quantitative estimate of drug-likeness (QED) is 0.442. The average molecular weight is 418 g/mol. The molecule has 1 unspecified atom stereocenters. The van der Waals surface area contributed by atoms with Gasteiger partial charge in [-0.15, -0.1) is 11.3 Å². The Labute approximate surface area is 172 Å². The number of ether oxygens (including phenoxy) is 1. The van der Waals surface area contributed by atoms with Crippen LogP contribution < -0.4 is 4.74 Å². The third-order valence-electron chi connectivity index (χ3n) is 5.44. The summed E-state index contributed by atoms with van der Waals surface area (Å²) < 4.78 is 5.15. The Hall–Kier alpha value is -2.31. The third kappa shape index (κ3) is 3.10. The monoisotopic (exact) mass is 417 g/mol. The van der Waals surface area contributed by atoms with E-state index in [0.29, 0.717) is 16.3 Å². The fourth-order valence-corrected chi connectivity index (χ4v) is 5.19. The molecule has 0 spiro atoms. The highest BCUT2D eigenvalue weighted by Crippen LogP contribution is 2.45. The molecule has 1 saturated heterocycles. The second-order valence-electron chi connectivity index (χ2n) is 7.01. The third-order valence-corrected chi connectivity index (χ3v) is 6.66. The lowest BCUT2D eigenvalue weighted by Crippen LogP contribution is -2.37. The molecule has 1 aliphatic heterocycles. The fraction of sp³-hybridized carbons (Fsp3) is 0.333. The first-order valence-electron chi connectivity index (χ1n) is 9.20. The molecule has 28 heavy (non-hydrogen) atoms. The summed E-state index contributed by atoms with van der Waals surface area (Å²) in [5.74, 6) is -0.914. The number of nitrogens with zero attached hydrogens (tertiary/aromatic N) is 1. The van der Waals surface area contributed by atoms with Gasteiger partial charge in [-0.05, 0) is 42.5 Å². The van der Waals surface area contributed by atoms with Crippen LogP contribution >= 0.6 is 22.9 Å². The Balaban J connectivity index is 1.85. The first-order chi connectivity index (χ1) is 13.5. The molecule has 0 bridgehead atoms. The van der Waals surface area contributed by atoms with Gasteiger partial charge in [-0.1, -0.05) is 30.5 Å². The van der Waals surface area contributed by atoms with Gasteiger partial charge in [-0.3, -0.25) is 9.59 Å². The van der Waals surface area contributed by atoms with Gasteiger partial charge in [0.1, 0.15) is 11.5 Å². The minimum Gasteiger partial charge on any atom is -0.507 e. The lowest BCUT2D eigenvalue weighted by atomic mass is 9.99. The van der Waals surface area contributed by atoms with Crippen molar-refractivity contribution in [1.82, 2.24) is 4.90 Å². The number of hydrogen-bond donors (Lipinski definition) is 1. The van der Waals surface area contributed by atoms with E-state index in [-0.39, 0.29) is 17.4 Å². The maximum atomic E-state index is 12.9. The van der Waals surface area contributed by atoms with E-state index >= 15 is 0 Å². The predicted molar refractivity (Wildman–Crippen MR) is 109 cm³/mol. The SMILES string of the molecule is COc1ccc(/C(O)=C2/C(=O)C(=O)N(C3CCCC3)C2c2cccs2)cc1Cl. The molecule has 1 saturated carbocycles. The van der Waals surface area contributed by atoms with E-state index < -0.39 is 17.7 Å². The molecule has 1 aliphatic carbocycles. The Kier molecular flexibility index (Phi) is 5.17. The second-order valence-corrected chi connectivity index (χ2v) is 8.40. The molecular formula is C21H20ClNO4S. The van der Waals surface area contributed by atoms with Crippen LogP contribution in [0.15, 0.2) is 41.3 Å². The minimum atomic E-state index is -0.644. The zero-order valence-electron chi connectivity index (χ0n) is 15.4. The van der Waals surface area contributed by atoms with Crippen LogP contribution in [0.2, 0.25) is 5.02 Å². The lowest BCUT2D eigenvalue weighted by Gasteiger charge is -2.29. The number of Topliss-reactive ketones (excluding diaryl/α,β-unsaturated/α-hetero) is 1. The van der Waals surface area contributed by atoms with Gasteiger partial charge < -0.3 is 14.7 Å². The van der Waals surface area contributed by atoms with E-state index in [1.807, 2.05) is 17.5 Å². The maximum absolute atomic E-state index is 12.9. The number of aliphatic hydroxyl groups is 1. The Morgan fingerprint density at radius 3 is 2.61 bits per heavy atom. The van der Waals surface area contributed by atoms with Crippen molar-refractivity contribution < 1.29 is 19.4 Å². The summed E-state index contributed by atoms with van der Waals surface area (Å²) in [5.41, 5.74) is 0.511. The summed E-state index contributed by atoms with van der Waals surface area (Å²) in [5, 5.41) is 13.2. The van der Waals surface area contributed by atoms with Gasteiger partial charge in [0.2, 0.25) is 0 Å². The maximum Gasteiger partial charge on any atom is 0.295 e. The molecule has 1 amide bonds. The number of halogens is 1. The predicted octanol–water partition coefficient (Wildman–Crippen LogP) is 4.77. The van der Waals surface area contributed by atoms with Crippen molar-refractivity contribution in [1.29, 1.82) is 0 Å².